The number of hydrogen-bond donors (Lipinski definition) is 2. The molecule has 2 aromatic heterocycles. The number of pyridine rings is 1. The molecule has 6 nitrogen and oxygen atoms in total. The van der Waals surface area contributed by atoms with Gasteiger partial charge in [-0.3, -0.25) is 14.6 Å². The monoisotopic (exact) mass is 414 g/mol. The number of fused-ring (bicyclic) bond motifs is 4. The second-order valence-corrected chi connectivity index (χ2v) is 7.60. The second-order valence-electron chi connectivity index (χ2n) is 7.60. The van der Waals surface area contributed by atoms with Crippen LogP contribution >= 0.6 is 0 Å². The van der Waals surface area contributed by atoms with Crippen molar-refractivity contribution in [1.82, 2.24) is 14.9 Å². The molecule has 4 aromatic rings. The number of halogens is 1. The molecule has 31 heavy (non-hydrogen) atoms. The third-order valence-corrected chi connectivity index (χ3v) is 5.92. The third-order valence-electron chi connectivity index (χ3n) is 5.92. The average Bonchev–Trinajstić information content (AvgIpc) is 3.16. The zero-order chi connectivity index (χ0) is 21.7. The van der Waals surface area contributed by atoms with E-state index in [0.29, 0.717) is 41.4 Å². The Morgan fingerprint density at radius 2 is 2.13 bits per heavy atom. The van der Waals surface area contributed by atoms with Crippen molar-refractivity contribution in [3.8, 4) is 11.1 Å². The molecule has 1 aliphatic rings. The van der Waals surface area contributed by atoms with Crippen molar-refractivity contribution in [1.29, 1.82) is 0 Å². The number of primary amides is 1. The minimum atomic E-state index is -0.705. The summed E-state index contributed by atoms with van der Waals surface area (Å²) in [6, 6.07) is 8.65. The van der Waals surface area contributed by atoms with Gasteiger partial charge in [0.25, 0.3) is 5.91 Å². The molecule has 3 heterocycles. The molecule has 0 aliphatic carbocycles. The minimum absolute atomic E-state index is 0.0972. The fourth-order valence-corrected chi connectivity index (χ4v) is 4.51. The number of nitrogens with one attached hydrogen (secondary N) is 1. The molecule has 2 aromatic carbocycles. The molecular formula is C24H19FN4O2. The van der Waals surface area contributed by atoms with Crippen LogP contribution in [0.15, 0.2) is 55.4 Å². The Morgan fingerprint density at radius 3 is 2.90 bits per heavy atom. The maximum Gasteiger partial charge on any atom is 0.250 e. The van der Waals surface area contributed by atoms with E-state index >= 15 is 4.39 Å². The fourth-order valence-electron chi connectivity index (χ4n) is 4.51. The number of rotatable bonds is 3. The van der Waals surface area contributed by atoms with Gasteiger partial charge in [-0.25, -0.2) is 4.39 Å². The van der Waals surface area contributed by atoms with Crippen molar-refractivity contribution < 1.29 is 14.0 Å². The minimum Gasteiger partial charge on any atom is -0.366 e. The Kier molecular flexibility index (Phi) is 4.32. The predicted molar refractivity (Wildman–Crippen MR) is 117 cm³/mol. The fraction of sp³-hybridized carbons (Fsp3) is 0.125. The Morgan fingerprint density at radius 1 is 1.29 bits per heavy atom. The van der Waals surface area contributed by atoms with E-state index in [0.717, 1.165) is 22.2 Å². The first-order chi connectivity index (χ1) is 15.0. The van der Waals surface area contributed by atoms with Crippen molar-refractivity contribution >= 4 is 33.6 Å². The van der Waals surface area contributed by atoms with Crippen LogP contribution in [0.3, 0.4) is 0 Å². The van der Waals surface area contributed by atoms with Crippen LogP contribution in [0, 0.1) is 5.82 Å². The molecule has 0 spiro atoms. The van der Waals surface area contributed by atoms with E-state index in [4.69, 9.17) is 5.73 Å². The molecule has 3 N–H and O–H groups in total. The van der Waals surface area contributed by atoms with Crippen LogP contribution in [-0.2, 0) is 17.8 Å². The van der Waals surface area contributed by atoms with Crippen molar-refractivity contribution in [2.24, 2.45) is 5.73 Å². The molecule has 154 valence electrons. The van der Waals surface area contributed by atoms with E-state index in [-0.39, 0.29) is 11.5 Å². The number of benzene rings is 2. The number of nitrogens with two attached hydrogens (primary N) is 1. The average molecular weight is 414 g/mol. The highest BCUT2D eigenvalue weighted by atomic mass is 19.1. The molecule has 2 amide bonds. The number of aromatic amines is 1. The van der Waals surface area contributed by atoms with Gasteiger partial charge in [0.1, 0.15) is 5.82 Å². The van der Waals surface area contributed by atoms with Crippen molar-refractivity contribution in [2.45, 2.75) is 13.0 Å². The SMILES string of the molecule is C=CC(=O)N1CCc2c(cccc2-c2c(F)cc(C(N)=O)c3[nH]c4ccncc4c23)C1. The number of carbonyl (C=O) groups excluding carboxylic acids is 2. The van der Waals surface area contributed by atoms with Gasteiger partial charge in [-0.1, -0.05) is 24.8 Å². The molecule has 0 unspecified atom stereocenters. The summed E-state index contributed by atoms with van der Waals surface area (Å²) in [7, 11) is 0. The predicted octanol–water partition coefficient (Wildman–Crippen LogP) is 3.69. The smallest absolute Gasteiger partial charge is 0.250 e. The number of amides is 2. The van der Waals surface area contributed by atoms with Crippen LogP contribution in [0.1, 0.15) is 21.5 Å². The van der Waals surface area contributed by atoms with Gasteiger partial charge >= 0.3 is 0 Å². The summed E-state index contributed by atoms with van der Waals surface area (Å²) in [4.78, 5) is 33.2. The number of aromatic nitrogens is 2. The van der Waals surface area contributed by atoms with E-state index in [9.17, 15) is 9.59 Å². The molecule has 0 radical (unpaired) electrons. The Hall–Kier alpha value is -4.00. The summed E-state index contributed by atoms with van der Waals surface area (Å²) in [5.74, 6) is -1.36. The van der Waals surface area contributed by atoms with Crippen molar-refractivity contribution in [3.63, 3.8) is 0 Å². The van der Waals surface area contributed by atoms with Gasteiger partial charge in [-0.15, -0.1) is 0 Å². The summed E-state index contributed by atoms with van der Waals surface area (Å²) in [5.41, 5.74) is 9.96. The van der Waals surface area contributed by atoms with Gasteiger partial charge in [0, 0.05) is 47.3 Å². The zero-order valence-corrected chi connectivity index (χ0v) is 16.6. The van der Waals surface area contributed by atoms with E-state index in [1.54, 1.807) is 23.4 Å². The van der Waals surface area contributed by atoms with Crippen LogP contribution in [0.4, 0.5) is 4.39 Å². The molecule has 0 fully saturated rings. The lowest BCUT2D eigenvalue weighted by Gasteiger charge is -2.29. The second kappa shape index (κ2) is 7.05. The van der Waals surface area contributed by atoms with E-state index in [1.807, 2.05) is 18.2 Å². The van der Waals surface area contributed by atoms with Gasteiger partial charge in [0.05, 0.1) is 11.1 Å². The third kappa shape index (κ3) is 2.89. The zero-order valence-electron chi connectivity index (χ0n) is 16.6. The first kappa shape index (κ1) is 19.0. The van der Waals surface area contributed by atoms with E-state index in [1.165, 1.54) is 12.1 Å². The maximum absolute atomic E-state index is 15.5. The van der Waals surface area contributed by atoms with Gasteiger partial charge in [-0.2, -0.15) is 0 Å². The van der Waals surface area contributed by atoms with Gasteiger partial charge < -0.3 is 15.6 Å². The lowest BCUT2D eigenvalue weighted by Crippen LogP contribution is -2.34. The molecule has 0 atom stereocenters. The lowest BCUT2D eigenvalue weighted by molar-refractivity contribution is -0.126. The number of nitrogens with zero attached hydrogens (tertiary/aromatic N) is 2. The first-order valence-corrected chi connectivity index (χ1v) is 9.89. The van der Waals surface area contributed by atoms with Crippen LogP contribution in [0.25, 0.3) is 32.9 Å². The molecule has 0 bridgehead atoms. The summed E-state index contributed by atoms with van der Waals surface area (Å²) in [5, 5.41) is 1.29. The standard InChI is InChI=1S/C24H19FN4O2/c1-2-20(30)29-9-7-14-13(12-29)4-3-5-15(14)21-18(25)10-16(24(26)31)23-22(21)17-11-27-8-6-19(17)28-23/h2-6,8,10-11,28H,1,7,9,12H2,(H2,26,31). The molecule has 0 saturated carbocycles. The quantitative estimate of drug-likeness (QED) is 0.501. The summed E-state index contributed by atoms with van der Waals surface area (Å²) in [6.07, 6.45) is 5.18. The lowest BCUT2D eigenvalue weighted by atomic mass is 9.88. The number of hydrogen-bond acceptors (Lipinski definition) is 3. The number of H-pyrrole nitrogens is 1. The van der Waals surface area contributed by atoms with Crippen LogP contribution in [-0.4, -0.2) is 33.2 Å². The Balaban J connectivity index is 1.81. The van der Waals surface area contributed by atoms with E-state index in [2.05, 4.69) is 16.5 Å². The molecule has 1 aliphatic heterocycles. The highest BCUT2D eigenvalue weighted by Crippen LogP contribution is 2.41. The normalized spacial score (nSPS) is 13.4. The molecule has 5 rings (SSSR count). The molecular weight excluding hydrogens is 395 g/mol. The first-order valence-electron chi connectivity index (χ1n) is 9.89. The highest BCUT2D eigenvalue weighted by molar-refractivity contribution is 6.19. The molecule has 7 heteroatoms. The van der Waals surface area contributed by atoms with Crippen LogP contribution in [0.5, 0.6) is 0 Å². The van der Waals surface area contributed by atoms with Crippen molar-refractivity contribution in [2.75, 3.05) is 6.54 Å². The molecule has 0 saturated heterocycles. The summed E-state index contributed by atoms with van der Waals surface area (Å²) in [6.45, 7) is 4.52. The van der Waals surface area contributed by atoms with Crippen molar-refractivity contribution in [3.05, 3.63) is 77.9 Å². The Labute approximate surface area is 177 Å². The maximum atomic E-state index is 15.5. The van der Waals surface area contributed by atoms with Gasteiger partial charge in [-0.05, 0) is 41.3 Å². The van der Waals surface area contributed by atoms with E-state index < -0.39 is 11.7 Å². The van der Waals surface area contributed by atoms with Crippen LogP contribution in [0.2, 0.25) is 0 Å². The van der Waals surface area contributed by atoms with Gasteiger partial charge in [0.2, 0.25) is 5.91 Å². The Bertz CT molecular complexity index is 1410. The summed E-state index contributed by atoms with van der Waals surface area (Å²) < 4.78 is 15.5. The largest absolute Gasteiger partial charge is 0.366 e. The number of carbonyl (C=O) groups is 2. The highest BCUT2D eigenvalue weighted by Gasteiger charge is 2.26. The van der Waals surface area contributed by atoms with Crippen LogP contribution < -0.4 is 5.73 Å². The topological polar surface area (TPSA) is 92.1 Å². The summed E-state index contributed by atoms with van der Waals surface area (Å²) >= 11 is 0. The van der Waals surface area contributed by atoms with Gasteiger partial charge in [0.15, 0.2) is 0 Å².